The van der Waals surface area contributed by atoms with Crippen LogP contribution in [0.4, 0.5) is 0 Å². The molecule has 1 aromatic carbocycles. The molecule has 0 heterocycles. The molecule has 0 aliphatic heterocycles. The Bertz CT molecular complexity index is 424. The molecule has 20 heavy (non-hydrogen) atoms. The normalized spacial score (nSPS) is 10.5. The maximum Gasteiger partial charge on any atom is 0.324 e. The number of phenolic OH excluding ortho intramolecular Hbond substituents is 1. The molecule has 4 nitrogen and oxygen atoms in total. The van der Waals surface area contributed by atoms with Crippen LogP contribution in [0.25, 0.3) is 0 Å². The molecule has 0 saturated heterocycles. The third-order valence-electron chi connectivity index (χ3n) is 3.25. The molecule has 0 aromatic heterocycles. The molecule has 1 rings (SSSR count). The number of aromatic hydroxyl groups is 1. The molecular weight excluding hydrogens is 278 g/mol. The Kier molecular flexibility index (Phi) is 8.07. The lowest BCUT2D eigenvalue weighted by atomic mass is 10.0. The summed E-state index contributed by atoms with van der Waals surface area (Å²) in [6, 6.07) is 5.14. The van der Waals surface area contributed by atoms with Crippen molar-refractivity contribution < 1.29 is 14.7 Å². The number of benzene rings is 1. The van der Waals surface area contributed by atoms with Gasteiger partial charge in [-0.15, -0.1) is 0 Å². The van der Waals surface area contributed by atoms with Crippen LogP contribution in [-0.4, -0.2) is 11.1 Å². The van der Waals surface area contributed by atoms with E-state index in [4.69, 9.17) is 17.5 Å². The second-order valence-corrected chi connectivity index (χ2v) is 5.32. The van der Waals surface area contributed by atoms with Crippen LogP contribution in [0.3, 0.4) is 0 Å². The van der Waals surface area contributed by atoms with Crippen LogP contribution in [0.15, 0.2) is 18.2 Å². The largest absolute Gasteiger partial charge is 0.508 e. The number of unbranched alkanes of at least 4 members (excludes halogenated alkanes) is 5. The highest BCUT2D eigenvalue weighted by Gasteiger charge is 2.02. The van der Waals surface area contributed by atoms with E-state index in [1.54, 1.807) is 12.1 Å². The van der Waals surface area contributed by atoms with Gasteiger partial charge in [0, 0.05) is 11.4 Å². The molecule has 0 radical (unpaired) electrons. The van der Waals surface area contributed by atoms with Crippen molar-refractivity contribution in [2.45, 2.75) is 51.4 Å². The topological polar surface area (TPSA) is 72.5 Å². The zero-order chi connectivity index (χ0) is 14.8. The summed E-state index contributed by atoms with van der Waals surface area (Å²) in [5, 5.41) is 10.3. The van der Waals surface area contributed by atoms with Crippen LogP contribution >= 0.6 is 11.6 Å². The third-order valence-corrected chi connectivity index (χ3v) is 3.49. The first-order valence-electron chi connectivity index (χ1n) is 7.00. The average Bonchev–Trinajstić information content (AvgIpc) is 2.44. The number of phenols is 1. The summed E-state index contributed by atoms with van der Waals surface area (Å²) in [6.07, 6.45) is 7.42. The summed E-state index contributed by atoms with van der Waals surface area (Å²) in [4.78, 5) is 14.9. The van der Waals surface area contributed by atoms with Gasteiger partial charge in [-0.2, -0.15) is 5.90 Å². The summed E-state index contributed by atoms with van der Waals surface area (Å²) in [7, 11) is 0. The summed E-state index contributed by atoms with van der Waals surface area (Å²) in [5.74, 6) is 4.72. The Morgan fingerprint density at radius 3 is 2.50 bits per heavy atom. The van der Waals surface area contributed by atoms with Crippen molar-refractivity contribution in [1.29, 1.82) is 0 Å². The number of carbonyl (C=O) groups excluding carboxylic acids is 1. The molecular formula is C15H22ClNO3. The molecule has 0 aliphatic carbocycles. The Hall–Kier alpha value is -1.26. The number of hydrogen-bond donors (Lipinski definition) is 2. The average molecular weight is 300 g/mol. The zero-order valence-electron chi connectivity index (χ0n) is 11.6. The monoisotopic (exact) mass is 299 g/mol. The van der Waals surface area contributed by atoms with E-state index >= 15 is 0 Å². The van der Waals surface area contributed by atoms with Crippen molar-refractivity contribution in [2.24, 2.45) is 5.90 Å². The first-order chi connectivity index (χ1) is 9.63. The molecule has 0 amide bonds. The first-order valence-corrected chi connectivity index (χ1v) is 7.38. The van der Waals surface area contributed by atoms with Crippen molar-refractivity contribution in [3.63, 3.8) is 0 Å². The van der Waals surface area contributed by atoms with E-state index in [9.17, 15) is 9.90 Å². The molecule has 0 spiro atoms. The standard InChI is InChI=1S/C15H22ClNO3/c16-13-9-10-14(18)12(11-13)7-5-3-1-2-4-6-8-15(19)20-17/h9-11,18H,1-8,17H2. The van der Waals surface area contributed by atoms with Crippen LogP contribution in [0, 0.1) is 0 Å². The minimum Gasteiger partial charge on any atom is -0.508 e. The second kappa shape index (κ2) is 9.61. The number of halogens is 1. The molecule has 0 bridgehead atoms. The van der Waals surface area contributed by atoms with Gasteiger partial charge in [0.15, 0.2) is 0 Å². The van der Waals surface area contributed by atoms with E-state index in [0.717, 1.165) is 50.5 Å². The van der Waals surface area contributed by atoms with E-state index in [-0.39, 0.29) is 5.97 Å². The Balaban J connectivity index is 2.05. The molecule has 5 heteroatoms. The first kappa shape index (κ1) is 16.8. The van der Waals surface area contributed by atoms with Crippen LogP contribution in [0.5, 0.6) is 5.75 Å². The van der Waals surface area contributed by atoms with Crippen molar-refractivity contribution in [3.8, 4) is 5.75 Å². The maximum atomic E-state index is 10.8. The highest BCUT2D eigenvalue weighted by molar-refractivity contribution is 6.30. The summed E-state index contributed by atoms with van der Waals surface area (Å²) < 4.78 is 0. The van der Waals surface area contributed by atoms with Gasteiger partial charge in [-0.25, -0.2) is 0 Å². The molecule has 0 atom stereocenters. The predicted octanol–water partition coefficient (Wildman–Crippen LogP) is 3.74. The Morgan fingerprint density at radius 2 is 1.80 bits per heavy atom. The minimum atomic E-state index is -0.346. The van der Waals surface area contributed by atoms with Gasteiger partial charge >= 0.3 is 5.97 Å². The quantitative estimate of drug-likeness (QED) is 0.538. The van der Waals surface area contributed by atoms with E-state index in [0.29, 0.717) is 17.2 Å². The zero-order valence-corrected chi connectivity index (χ0v) is 12.4. The van der Waals surface area contributed by atoms with Gasteiger partial charge in [0.25, 0.3) is 0 Å². The highest BCUT2D eigenvalue weighted by Crippen LogP contribution is 2.23. The van der Waals surface area contributed by atoms with Gasteiger partial charge in [-0.3, -0.25) is 4.79 Å². The summed E-state index contributed by atoms with van der Waals surface area (Å²) >= 11 is 5.89. The van der Waals surface area contributed by atoms with Crippen molar-refractivity contribution >= 4 is 17.6 Å². The fourth-order valence-corrected chi connectivity index (χ4v) is 2.30. The molecule has 112 valence electrons. The molecule has 0 saturated carbocycles. The number of hydrogen-bond acceptors (Lipinski definition) is 4. The second-order valence-electron chi connectivity index (χ2n) is 4.88. The smallest absolute Gasteiger partial charge is 0.324 e. The van der Waals surface area contributed by atoms with Gasteiger partial charge in [-0.1, -0.05) is 37.3 Å². The highest BCUT2D eigenvalue weighted by atomic mass is 35.5. The molecule has 0 aliphatic rings. The molecule has 1 aromatic rings. The van der Waals surface area contributed by atoms with Crippen LogP contribution in [-0.2, 0) is 16.1 Å². The van der Waals surface area contributed by atoms with E-state index in [1.807, 2.05) is 6.07 Å². The van der Waals surface area contributed by atoms with Gasteiger partial charge in [-0.05, 0) is 43.0 Å². The van der Waals surface area contributed by atoms with Crippen molar-refractivity contribution in [3.05, 3.63) is 28.8 Å². The number of rotatable bonds is 9. The van der Waals surface area contributed by atoms with Crippen molar-refractivity contribution in [2.75, 3.05) is 0 Å². The van der Waals surface area contributed by atoms with Crippen LogP contribution in [0.2, 0.25) is 5.02 Å². The third kappa shape index (κ3) is 6.78. The Morgan fingerprint density at radius 1 is 1.15 bits per heavy atom. The summed E-state index contributed by atoms with van der Waals surface area (Å²) in [5.41, 5.74) is 0.906. The maximum absolute atomic E-state index is 10.8. The SMILES string of the molecule is NOC(=O)CCCCCCCCc1cc(Cl)ccc1O. The lowest BCUT2D eigenvalue weighted by Crippen LogP contribution is -2.08. The molecule has 0 fully saturated rings. The fourth-order valence-electron chi connectivity index (χ4n) is 2.11. The van der Waals surface area contributed by atoms with E-state index in [2.05, 4.69) is 4.84 Å². The van der Waals surface area contributed by atoms with Crippen LogP contribution < -0.4 is 5.90 Å². The number of carbonyl (C=O) groups is 1. The fraction of sp³-hybridized carbons (Fsp3) is 0.533. The van der Waals surface area contributed by atoms with Crippen LogP contribution in [0.1, 0.15) is 50.5 Å². The lowest BCUT2D eigenvalue weighted by Gasteiger charge is -2.05. The van der Waals surface area contributed by atoms with Gasteiger partial charge in [0.1, 0.15) is 5.75 Å². The minimum absolute atomic E-state index is 0.315. The van der Waals surface area contributed by atoms with Gasteiger partial charge in [0.2, 0.25) is 0 Å². The molecule has 3 N–H and O–H groups in total. The molecule has 0 unspecified atom stereocenters. The number of nitrogens with two attached hydrogens (primary N) is 1. The van der Waals surface area contributed by atoms with Gasteiger partial charge in [0.05, 0.1) is 0 Å². The van der Waals surface area contributed by atoms with E-state index < -0.39 is 0 Å². The summed E-state index contributed by atoms with van der Waals surface area (Å²) in [6.45, 7) is 0. The number of aryl methyl sites for hydroxylation is 1. The Labute approximate surface area is 124 Å². The van der Waals surface area contributed by atoms with Gasteiger partial charge < -0.3 is 9.94 Å². The van der Waals surface area contributed by atoms with E-state index in [1.165, 1.54) is 0 Å². The van der Waals surface area contributed by atoms with Crippen molar-refractivity contribution in [1.82, 2.24) is 0 Å². The lowest BCUT2D eigenvalue weighted by molar-refractivity contribution is -0.144. The predicted molar refractivity (Wildman–Crippen MR) is 79.4 cm³/mol.